The largest absolute Gasteiger partial charge is 0.354 e. The Bertz CT molecular complexity index is 242. The molecule has 1 rings (SSSR count). The van der Waals surface area contributed by atoms with Gasteiger partial charge in [0.15, 0.2) is 0 Å². The third kappa shape index (κ3) is 4.84. The van der Waals surface area contributed by atoms with Gasteiger partial charge in [0.25, 0.3) is 0 Å². The van der Waals surface area contributed by atoms with Gasteiger partial charge < -0.3 is 10.6 Å². The predicted molar refractivity (Wildman–Crippen MR) is 74.6 cm³/mol. The number of halogens is 1. The Morgan fingerprint density at radius 2 is 2.06 bits per heavy atom. The first-order valence-electron chi connectivity index (χ1n) is 6.43. The number of nitrogens with one attached hydrogen (secondary N) is 2. The van der Waals surface area contributed by atoms with Gasteiger partial charge in [-0.05, 0) is 37.6 Å². The van der Waals surface area contributed by atoms with E-state index in [4.69, 9.17) is 0 Å². The van der Waals surface area contributed by atoms with Gasteiger partial charge in [-0.3, -0.25) is 4.79 Å². The molecule has 17 heavy (non-hydrogen) atoms. The second-order valence-electron chi connectivity index (χ2n) is 6.03. The average molecular weight is 263 g/mol. The molecular weight excluding hydrogens is 236 g/mol. The van der Waals surface area contributed by atoms with Crippen molar-refractivity contribution in [1.29, 1.82) is 0 Å². The number of carbonyl (C=O) groups is 1. The number of hydrogen-bond donors (Lipinski definition) is 2. The molecule has 3 nitrogen and oxygen atoms in total. The van der Waals surface area contributed by atoms with Crippen LogP contribution in [-0.2, 0) is 4.79 Å². The van der Waals surface area contributed by atoms with E-state index in [1.165, 1.54) is 0 Å². The zero-order valence-electron chi connectivity index (χ0n) is 11.6. The predicted octanol–water partition coefficient (Wildman–Crippen LogP) is 2.49. The molecule has 102 valence electrons. The normalized spacial score (nSPS) is 24.2. The first kappa shape index (κ1) is 16.7. The fraction of sp³-hybridized carbons (Fsp3) is 0.923. The van der Waals surface area contributed by atoms with E-state index in [1.54, 1.807) is 0 Å². The zero-order valence-corrected chi connectivity index (χ0v) is 12.4. The van der Waals surface area contributed by atoms with Gasteiger partial charge in [0.1, 0.15) is 0 Å². The summed E-state index contributed by atoms with van der Waals surface area (Å²) in [6.07, 6.45) is 4.00. The number of carbonyl (C=O) groups excluding carboxylic acids is 1. The molecule has 0 aromatic carbocycles. The summed E-state index contributed by atoms with van der Waals surface area (Å²) in [7, 11) is 0. The highest BCUT2D eigenvalue weighted by atomic mass is 35.5. The van der Waals surface area contributed by atoms with Gasteiger partial charge in [-0.25, -0.2) is 0 Å². The fourth-order valence-corrected chi connectivity index (χ4v) is 2.18. The molecule has 1 amide bonds. The van der Waals surface area contributed by atoms with E-state index in [1.807, 2.05) is 0 Å². The lowest BCUT2D eigenvalue weighted by Gasteiger charge is -2.27. The third-order valence-corrected chi connectivity index (χ3v) is 3.44. The van der Waals surface area contributed by atoms with Gasteiger partial charge in [-0.2, -0.15) is 0 Å². The average Bonchev–Trinajstić information content (AvgIpc) is 2.65. The summed E-state index contributed by atoms with van der Waals surface area (Å²) >= 11 is 0. The van der Waals surface area contributed by atoms with Gasteiger partial charge in [0, 0.05) is 6.54 Å². The van der Waals surface area contributed by atoms with E-state index >= 15 is 0 Å². The molecule has 0 aromatic rings. The molecule has 1 unspecified atom stereocenters. The molecule has 1 heterocycles. The van der Waals surface area contributed by atoms with Crippen LogP contribution < -0.4 is 10.6 Å². The summed E-state index contributed by atoms with van der Waals surface area (Å²) < 4.78 is 0. The smallest absolute Gasteiger partial charge is 0.240 e. The van der Waals surface area contributed by atoms with E-state index in [-0.39, 0.29) is 29.3 Å². The van der Waals surface area contributed by atoms with Gasteiger partial charge in [0.2, 0.25) is 5.91 Å². The Morgan fingerprint density at radius 1 is 1.41 bits per heavy atom. The second-order valence-corrected chi connectivity index (χ2v) is 6.03. The number of amides is 1. The van der Waals surface area contributed by atoms with Gasteiger partial charge in [-0.1, -0.05) is 27.7 Å². The fourth-order valence-electron chi connectivity index (χ4n) is 2.18. The first-order chi connectivity index (χ1) is 7.40. The molecule has 0 spiro atoms. The van der Waals surface area contributed by atoms with E-state index in [0.29, 0.717) is 0 Å². The van der Waals surface area contributed by atoms with Crippen LogP contribution in [-0.4, -0.2) is 24.5 Å². The van der Waals surface area contributed by atoms with Crippen LogP contribution in [0.3, 0.4) is 0 Å². The molecule has 1 atom stereocenters. The lowest BCUT2D eigenvalue weighted by atomic mass is 9.91. The van der Waals surface area contributed by atoms with Crippen molar-refractivity contribution in [1.82, 2.24) is 10.6 Å². The quantitative estimate of drug-likeness (QED) is 0.817. The maximum atomic E-state index is 12.1. The summed E-state index contributed by atoms with van der Waals surface area (Å²) in [5.74, 6) is 0.191. The van der Waals surface area contributed by atoms with Crippen LogP contribution in [0, 0.1) is 5.41 Å². The molecule has 1 saturated heterocycles. The molecule has 0 aromatic heterocycles. The summed E-state index contributed by atoms with van der Waals surface area (Å²) in [6.45, 7) is 10.4. The van der Waals surface area contributed by atoms with Crippen molar-refractivity contribution in [2.24, 2.45) is 5.41 Å². The highest BCUT2D eigenvalue weighted by molar-refractivity contribution is 5.86. The number of hydrogen-bond acceptors (Lipinski definition) is 2. The molecule has 2 N–H and O–H groups in total. The molecule has 0 aliphatic carbocycles. The molecule has 0 bridgehead atoms. The topological polar surface area (TPSA) is 41.1 Å². The molecule has 0 saturated carbocycles. The molecule has 4 heteroatoms. The minimum atomic E-state index is -0.280. The lowest BCUT2D eigenvalue weighted by molar-refractivity contribution is -0.127. The van der Waals surface area contributed by atoms with Gasteiger partial charge in [-0.15, -0.1) is 12.4 Å². The highest BCUT2D eigenvalue weighted by Gasteiger charge is 2.38. The zero-order chi connectivity index (χ0) is 12.2. The van der Waals surface area contributed by atoms with Crippen LogP contribution in [0.5, 0.6) is 0 Å². The van der Waals surface area contributed by atoms with Gasteiger partial charge >= 0.3 is 0 Å². The van der Waals surface area contributed by atoms with E-state index < -0.39 is 0 Å². The van der Waals surface area contributed by atoms with Crippen LogP contribution in [0.15, 0.2) is 0 Å². The molecule has 1 aliphatic heterocycles. The second kappa shape index (κ2) is 6.60. The van der Waals surface area contributed by atoms with Crippen molar-refractivity contribution in [3.05, 3.63) is 0 Å². The van der Waals surface area contributed by atoms with Gasteiger partial charge in [0.05, 0.1) is 5.54 Å². The monoisotopic (exact) mass is 262 g/mol. The molecule has 1 aliphatic rings. The Labute approximate surface area is 112 Å². The summed E-state index contributed by atoms with van der Waals surface area (Å²) in [4.78, 5) is 12.1. The third-order valence-electron chi connectivity index (χ3n) is 3.44. The Balaban J connectivity index is 0.00000256. The summed E-state index contributed by atoms with van der Waals surface area (Å²) in [5, 5.41) is 6.43. The van der Waals surface area contributed by atoms with Crippen molar-refractivity contribution in [3.63, 3.8) is 0 Å². The van der Waals surface area contributed by atoms with Crippen molar-refractivity contribution in [2.75, 3.05) is 13.1 Å². The summed E-state index contributed by atoms with van der Waals surface area (Å²) in [5.41, 5.74) is 0.00759. The standard InChI is InChI=1S/C13H26N2O.ClH/c1-5-13(7-6-9-15-13)11(16)14-10-8-12(2,3)4;/h15H,5-10H2,1-4H3,(H,14,16);1H. The van der Waals surface area contributed by atoms with E-state index in [9.17, 15) is 4.79 Å². The van der Waals surface area contributed by atoms with Crippen molar-refractivity contribution < 1.29 is 4.79 Å². The van der Waals surface area contributed by atoms with Crippen LogP contribution >= 0.6 is 12.4 Å². The highest BCUT2D eigenvalue weighted by Crippen LogP contribution is 2.23. The maximum absolute atomic E-state index is 12.1. The summed E-state index contributed by atoms with van der Waals surface area (Å²) in [6, 6.07) is 0. The minimum absolute atomic E-state index is 0. The maximum Gasteiger partial charge on any atom is 0.240 e. The Hall–Kier alpha value is -0.280. The molecule has 0 radical (unpaired) electrons. The van der Waals surface area contributed by atoms with E-state index in [0.717, 1.165) is 38.8 Å². The van der Waals surface area contributed by atoms with Crippen molar-refractivity contribution in [2.45, 2.75) is 58.9 Å². The Morgan fingerprint density at radius 3 is 2.47 bits per heavy atom. The van der Waals surface area contributed by atoms with Crippen LogP contribution in [0.1, 0.15) is 53.4 Å². The first-order valence-corrected chi connectivity index (χ1v) is 6.43. The van der Waals surface area contributed by atoms with Crippen LogP contribution in [0.4, 0.5) is 0 Å². The molecule has 1 fully saturated rings. The van der Waals surface area contributed by atoms with Crippen molar-refractivity contribution >= 4 is 18.3 Å². The lowest BCUT2D eigenvalue weighted by Crippen LogP contribution is -2.53. The van der Waals surface area contributed by atoms with Crippen LogP contribution in [0.25, 0.3) is 0 Å². The minimum Gasteiger partial charge on any atom is -0.354 e. The SMILES string of the molecule is CCC1(C(=O)NCCC(C)(C)C)CCCN1.Cl. The van der Waals surface area contributed by atoms with Crippen molar-refractivity contribution in [3.8, 4) is 0 Å². The van der Waals surface area contributed by atoms with E-state index in [2.05, 4.69) is 38.3 Å². The van der Waals surface area contributed by atoms with Crippen LogP contribution in [0.2, 0.25) is 0 Å². The molecular formula is C13H27ClN2O. The number of rotatable bonds is 4. The Kier molecular flexibility index (Phi) is 6.49.